The Balaban J connectivity index is 2.44. The zero-order valence-corrected chi connectivity index (χ0v) is 11.6. The molecule has 3 rings (SSSR count). The molecule has 7 heteroatoms. The molecule has 1 aliphatic rings. The third kappa shape index (κ3) is 1.65. The summed E-state index contributed by atoms with van der Waals surface area (Å²) in [5.74, 6) is -2.76. The third-order valence-electron chi connectivity index (χ3n) is 3.46. The Kier molecular flexibility index (Phi) is 2.81. The van der Waals surface area contributed by atoms with E-state index in [-0.39, 0.29) is 22.6 Å². The molecule has 0 amide bonds. The Morgan fingerprint density at radius 2 is 1.68 bits per heavy atom. The molecule has 0 bridgehead atoms. The highest BCUT2D eigenvalue weighted by Crippen LogP contribution is 2.42. The predicted octanol–water partition coefficient (Wildman–Crippen LogP) is 1.14. The average Bonchev–Trinajstić information content (AvgIpc) is 2.45. The topological polar surface area (TPSA) is 114 Å². The summed E-state index contributed by atoms with van der Waals surface area (Å²) in [5.41, 5.74) is -2.42. The van der Waals surface area contributed by atoms with Gasteiger partial charge in [-0.25, -0.2) is 4.79 Å². The highest BCUT2D eigenvalue weighted by Gasteiger charge is 2.38. The minimum Gasteiger partial charge on any atom is -0.507 e. The Bertz CT molecular complexity index is 905. The van der Waals surface area contributed by atoms with Gasteiger partial charge in [0.15, 0.2) is 17.3 Å². The van der Waals surface area contributed by atoms with E-state index in [4.69, 9.17) is 9.15 Å². The Labute approximate surface area is 123 Å². The lowest BCUT2D eigenvalue weighted by atomic mass is 9.83. The van der Waals surface area contributed by atoms with Crippen molar-refractivity contribution in [1.82, 2.24) is 0 Å². The van der Waals surface area contributed by atoms with Crippen molar-refractivity contribution < 1.29 is 29.0 Å². The molecule has 0 saturated carbocycles. The standard InChI is InChI=1S/C15H10O7/c1-5-3-6-9(15(20)22-5)14(19)10-7(16)4-8(21-2)13(18)11(10)12(6)17/h3-4,16,18H,1-2H3. The van der Waals surface area contributed by atoms with Gasteiger partial charge in [0.05, 0.1) is 18.2 Å². The van der Waals surface area contributed by atoms with E-state index in [9.17, 15) is 24.6 Å². The molecule has 0 aliphatic heterocycles. The zero-order chi connectivity index (χ0) is 16.2. The Hall–Kier alpha value is -3.09. The van der Waals surface area contributed by atoms with Crippen LogP contribution in [0.1, 0.15) is 37.6 Å². The molecule has 0 spiro atoms. The van der Waals surface area contributed by atoms with E-state index in [1.807, 2.05) is 0 Å². The van der Waals surface area contributed by atoms with Crippen LogP contribution in [0.4, 0.5) is 0 Å². The lowest BCUT2D eigenvalue weighted by Gasteiger charge is -2.19. The fourth-order valence-electron chi connectivity index (χ4n) is 2.51. The maximum absolute atomic E-state index is 12.5. The minimum absolute atomic E-state index is 0.152. The van der Waals surface area contributed by atoms with Crippen LogP contribution in [0.25, 0.3) is 0 Å². The number of methoxy groups -OCH3 is 1. The molecule has 7 nitrogen and oxygen atoms in total. The minimum atomic E-state index is -0.964. The maximum Gasteiger partial charge on any atom is 0.347 e. The van der Waals surface area contributed by atoms with Gasteiger partial charge in [0, 0.05) is 11.6 Å². The first-order valence-electron chi connectivity index (χ1n) is 6.23. The van der Waals surface area contributed by atoms with Gasteiger partial charge in [-0.05, 0) is 13.0 Å². The van der Waals surface area contributed by atoms with Gasteiger partial charge in [0.25, 0.3) is 0 Å². The number of carbonyl (C=O) groups excluding carboxylic acids is 2. The van der Waals surface area contributed by atoms with E-state index in [1.165, 1.54) is 20.1 Å². The lowest BCUT2D eigenvalue weighted by Crippen LogP contribution is -2.28. The summed E-state index contributed by atoms with van der Waals surface area (Å²) in [6.07, 6.45) is 0. The molecule has 112 valence electrons. The second-order valence-electron chi connectivity index (χ2n) is 4.79. The fourth-order valence-corrected chi connectivity index (χ4v) is 2.51. The summed E-state index contributed by atoms with van der Waals surface area (Å²) in [5, 5.41) is 20.1. The van der Waals surface area contributed by atoms with Crippen LogP contribution in [0.5, 0.6) is 17.2 Å². The Morgan fingerprint density at radius 1 is 1.00 bits per heavy atom. The number of phenolic OH excluding ortho intramolecular Hbond substituents is 2. The Morgan fingerprint density at radius 3 is 2.32 bits per heavy atom. The molecule has 1 heterocycles. The molecule has 0 fully saturated rings. The van der Waals surface area contributed by atoms with Crippen LogP contribution in [0.3, 0.4) is 0 Å². The molecule has 2 N–H and O–H groups in total. The molecule has 0 radical (unpaired) electrons. The zero-order valence-electron chi connectivity index (χ0n) is 11.6. The van der Waals surface area contributed by atoms with Crippen LogP contribution in [-0.2, 0) is 0 Å². The van der Waals surface area contributed by atoms with Gasteiger partial charge < -0.3 is 19.4 Å². The number of aryl methyl sites for hydroxylation is 1. The second kappa shape index (κ2) is 4.45. The molecular formula is C15H10O7. The molecule has 1 aromatic heterocycles. The van der Waals surface area contributed by atoms with Gasteiger partial charge in [-0.3, -0.25) is 9.59 Å². The van der Waals surface area contributed by atoms with Crippen LogP contribution >= 0.6 is 0 Å². The van der Waals surface area contributed by atoms with E-state index in [1.54, 1.807) is 0 Å². The number of ether oxygens (including phenoxy) is 1. The lowest BCUT2D eigenvalue weighted by molar-refractivity contribution is 0.0969. The molecule has 1 aliphatic carbocycles. The van der Waals surface area contributed by atoms with Gasteiger partial charge in [0.2, 0.25) is 5.78 Å². The molecule has 22 heavy (non-hydrogen) atoms. The van der Waals surface area contributed by atoms with Crippen molar-refractivity contribution in [3.63, 3.8) is 0 Å². The van der Waals surface area contributed by atoms with Crippen molar-refractivity contribution in [3.8, 4) is 17.2 Å². The first kappa shape index (κ1) is 13.9. The molecular weight excluding hydrogens is 292 g/mol. The van der Waals surface area contributed by atoms with Crippen LogP contribution in [-0.4, -0.2) is 28.9 Å². The normalized spacial score (nSPS) is 12.8. The van der Waals surface area contributed by atoms with Crippen LogP contribution in [0, 0.1) is 6.92 Å². The van der Waals surface area contributed by atoms with Crippen molar-refractivity contribution >= 4 is 11.6 Å². The number of hydrogen-bond donors (Lipinski definition) is 2. The van der Waals surface area contributed by atoms with Crippen molar-refractivity contribution in [2.75, 3.05) is 7.11 Å². The summed E-state index contributed by atoms with van der Waals surface area (Å²) in [6, 6.07) is 2.25. The summed E-state index contributed by atoms with van der Waals surface area (Å²) >= 11 is 0. The van der Waals surface area contributed by atoms with Gasteiger partial charge in [-0.15, -0.1) is 0 Å². The smallest absolute Gasteiger partial charge is 0.347 e. The van der Waals surface area contributed by atoms with Gasteiger partial charge in [0.1, 0.15) is 17.1 Å². The van der Waals surface area contributed by atoms with Crippen LogP contribution in [0.15, 0.2) is 21.3 Å². The number of aromatic hydroxyl groups is 2. The highest BCUT2D eigenvalue weighted by atomic mass is 16.5. The van der Waals surface area contributed by atoms with E-state index in [0.29, 0.717) is 0 Å². The summed E-state index contributed by atoms with van der Waals surface area (Å²) in [6.45, 7) is 1.46. The van der Waals surface area contributed by atoms with Crippen molar-refractivity contribution in [3.05, 3.63) is 50.6 Å². The number of ketones is 2. The van der Waals surface area contributed by atoms with Crippen molar-refractivity contribution in [2.45, 2.75) is 6.92 Å². The van der Waals surface area contributed by atoms with Gasteiger partial charge >= 0.3 is 5.63 Å². The number of rotatable bonds is 1. The van der Waals surface area contributed by atoms with Crippen LogP contribution in [0.2, 0.25) is 0 Å². The molecule has 0 unspecified atom stereocenters. The molecule has 0 atom stereocenters. The first-order valence-corrected chi connectivity index (χ1v) is 6.23. The molecule has 0 saturated heterocycles. The summed E-state index contributed by atoms with van der Waals surface area (Å²) < 4.78 is 9.68. The quantitative estimate of drug-likeness (QED) is 0.648. The van der Waals surface area contributed by atoms with E-state index < -0.39 is 39.8 Å². The summed E-state index contributed by atoms with van der Waals surface area (Å²) in [4.78, 5) is 36.8. The first-order chi connectivity index (χ1) is 10.4. The van der Waals surface area contributed by atoms with Gasteiger partial charge in [-0.1, -0.05) is 0 Å². The second-order valence-corrected chi connectivity index (χ2v) is 4.79. The highest BCUT2D eigenvalue weighted by molar-refractivity contribution is 6.30. The maximum atomic E-state index is 12.5. The fraction of sp³-hybridized carbons (Fsp3) is 0.133. The third-order valence-corrected chi connectivity index (χ3v) is 3.46. The SMILES string of the molecule is COc1cc(O)c2c(c1O)C(=O)c1cc(C)oc(=O)c1C2=O. The number of phenols is 2. The van der Waals surface area contributed by atoms with E-state index in [2.05, 4.69) is 0 Å². The number of benzene rings is 1. The molecule has 2 aromatic rings. The predicted molar refractivity (Wildman–Crippen MR) is 72.9 cm³/mol. The van der Waals surface area contributed by atoms with Crippen molar-refractivity contribution in [2.24, 2.45) is 0 Å². The number of fused-ring (bicyclic) bond motifs is 2. The average molecular weight is 302 g/mol. The van der Waals surface area contributed by atoms with Crippen molar-refractivity contribution in [1.29, 1.82) is 0 Å². The van der Waals surface area contributed by atoms with E-state index in [0.717, 1.165) is 6.07 Å². The van der Waals surface area contributed by atoms with E-state index >= 15 is 0 Å². The monoisotopic (exact) mass is 302 g/mol. The van der Waals surface area contributed by atoms with Crippen LogP contribution < -0.4 is 10.4 Å². The van der Waals surface area contributed by atoms with Gasteiger partial charge in [-0.2, -0.15) is 0 Å². The molecule has 1 aromatic carbocycles. The largest absolute Gasteiger partial charge is 0.507 e. The summed E-state index contributed by atoms with van der Waals surface area (Å²) in [7, 11) is 1.24. The number of hydrogen-bond acceptors (Lipinski definition) is 7. The number of carbonyl (C=O) groups is 2.